The summed E-state index contributed by atoms with van der Waals surface area (Å²) in [5, 5.41) is 7.97. The van der Waals surface area contributed by atoms with Gasteiger partial charge in [-0.2, -0.15) is 5.10 Å². The van der Waals surface area contributed by atoms with Crippen LogP contribution >= 0.6 is 11.6 Å². The number of aryl methyl sites for hydroxylation is 1. The summed E-state index contributed by atoms with van der Waals surface area (Å²) in [4.78, 5) is 0. The Bertz CT molecular complexity index is 588. The number of halogens is 1. The molecule has 20 heavy (non-hydrogen) atoms. The van der Waals surface area contributed by atoms with E-state index in [4.69, 9.17) is 16.3 Å². The molecule has 106 valence electrons. The third-order valence-corrected chi connectivity index (χ3v) is 3.36. The molecule has 1 aromatic heterocycles. The Hall–Kier alpha value is -1.61. The van der Waals surface area contributed by atoms with E-state index < -0.39 is 0 Å². The summed E-state index contributed by atoms with van der Waals surface area (Å²) >= 11 is 5.68. The van der Waals surface area contributed by atoms with Crippen molar-refractivity contribution in [1.82, 2.24) is 10.2 Å². The highest BCUT2D eigenvalue weighted by Gasteiger charge is 2.15. The quantitative estimate of drug-likeness (QED) is 0.774. The lowest BCUT2D eigenvalue weighted by atomic mass is 9.86. The predicted octanol–water partition coefficient (Wildman–Crippen LogP) is 4.61. The molecule has 0 aliphatic rings. The molecular formula is C16H19ClN2O. The van der Waals surface area contributed by atoms with Gasteiger partial charge in [0.05, 0.1) is 11.6 Å². The molecule has 0 atom stereocenters. The zero-order chi connectivity index (χ0) is 14.8. The van der Waals surface area contributed by atoms with Gasteiger partial charge in [-0.3, -0.25) is 0 Å². The fraction of sp³-hybridized carbons (Fsp3) is 0.375. The molecule has 4 heteroatoms. The summed E-state index contributed by atoms with van der Waals surface area (Å²) in [5.41, 5.74) is 3.23. The van der Waals surface area contributed by atoms with Crippen molar-refractivity contribution >= 4 is 11.6 Å². The maximum Gasteiger partial charge on any atom is 0.238 e. The molecule has 1 heterocycles. The van der Waals surface area contributed by atoms with Crippen LogP contribution in [-0.4, -0.2) is 10.2 Å². The average Bonchev–Trinajstić information content (AvgIpc) is 2.41. The zero-order valence-electron chi connectivity index (χ0n) is 12.3. The van der Waals surface area contributed by atoms with Crippen molar-refractivity contribution in [2.75, 3.05) is 0 Å². The van der Waals surface area contributed by atoms with Crippen LogP contribution in [0.1, 0.15) is 37.6 Å². The van der Waals surface area contributed by atoms with Gasteiger partial charge in [0, 0.05) is 6.07 Å². The van der Waals surface area contributed by atoms with E-state index >= 15 is 0 Å². The van der Waals surface area contributed by atoms with Gasteiger partial charge in [-0.1, -0.05) is 32.9 Å². The Kier molecular flexibility index (Phi) is 4.29. The number of alkyl halides is 1. The number of nitrogens with zero attached hydrogens (tertiary/aromatic N) is 2. The lowest BCUT2D eigenvalue weighted by Gasteiger charge is -2.20. The van der Waals surface area contributed by atoms with Crippen LogP contribution in [-0.2, 0) is 11.3 Å². The van der Waals surface area contributed by atoms with Crippen molar-refractivity contribution in [3.8, 4) is 11.6 Å². The standard InChI is InChI=1S/C16H19ClN2O/c1-11-9-12(16(2,3)4)5-7-14(11)20-15-8-6-13(10-17)18-19-15/h5-9H,10H2,1-4H3. The topological polar surface area (TPSA) is 35.0 Å². The number of hydrogen-bond acceptors (Lipinski definition) is 3. The molecule has 0 aliphatic carbocycles. The first kappa shape index (κ1) is 14.8. The van der Waals surface area contributed by atoms with Gasteiger partial charge >= 0.3 is 0 Å². The Morgan fingerprint density at radius 3 is 2.35 bits per heavy atom. The van der Waals surface area contributed by atoms with Crippen molar-refractivity contribution in [1.29, 1.82) is 0 Å². The number of benzene rings is 1. The minimum absolute atomic E-state index is 0.130. The normalized spacial score (nSPS) is 11.4. The second kappa shape index (κ2) is 5.80. The molecule has 2 rings (SSSR count). The van der Waals surface area contributed by atoms with Gasteiger partial charge in [-0.05, 0) is 35.6 Å². The van der Waals surface area contributed by atoms with Gasteiger partial charge in [0.15, 0.2) is 0 Å². The fourth-order valence-corrected chi connectivity index (χ4v) is 1.96. The molecule has 2 aromatic rings. The molecule has 0 bridgehead atoms. The van der Waals surface area contributed by atoms with Crippen LogP contribution in [0.15, 0.2) is 30.3 Å². The molecule has 0 aliphatic heterocycles. The largest absolute Gasteiger partial charge is 0.437 e. The highest BCUT2D eigenvalue weighted by atomic mass is 35.5. The van der Waals surface area contributed by atoms with Crippen LogP contribution in [0.25, 0.3) is 0 Å². The first-order valence-electron chi connectivity index (χ1n) is 6.57. The minimum Gasteiger partial charge on any atom is -0.437 e. The van der Waals surface area contributed by atoms with Gasteiger partial charge in [-0.25, -0.2) is 0 Å². The Balaban J connectivity index is 2.21. The third kappa shape index (κ3) is 3.48. The molecule has 0 spiro atoms. The maximum absolute atomic E-state index is 5.76. The molecule has 3 nitrogen and oxygen atoms in total. The minimum atomic E-state index is 0.130. The molecule has 0 saturated heterocycles. The highest BCUT2D eigenvalue weighted by molar-refractivity contribution is 6.16. The highest BCUT2D eigenvalue weighted by Crippen LogP contribution is 2.29. The molecular weight excluding hydrogens is 272 g/mol. The van der Waals surface area contributed by atoms with E-state index in [-0.39, 0.29) is 5.41 Å². The van der Waals surface area contributed by atoms with Gasteiger partial charge in [0.2, 0.25) is 5.88 Å². The smallest absolute Gasteiger partial charge is 0.238 e. The molecule has 0 N–H and O–H groups in total. The van der Waals surface area contributed by atoms with E-state index in [1.165, 1.54) is 5.56 Å². The SMILES string of the molecule is Cc1cc(C(C)(C)C)ccc1Oc1ccc(CCl)nn1. The van der Waals surface area contributed by atoms with Crippen LogP contribution in [0.4, 0.5) is 0 Å². The second-order valence-electron chi connectivity index (χ2n) is 5.83. The number of rotatable bonds is 3. The lowest BCUT2D eigenvalue weighted by molar-refractivity contribution is 0.450. The van der Waals surface area contributed by atoms with Crippen molar-refractivity contribution in [3.05, 3.63) is 47.2 Å². The first-order valence-corrected chi connectivity index (χ1v) is 7.11. The number of hydrogen-bond donors (Lipinski definition) is 0. The predicted molar refractivity (Wildman–Crippen MR) is 81.5 cm³/mol. The van der Waals surface area contributed by atoms with Gasteiger partial charge < -0.3 is 4.74 Å². The number of aromatic nitrogens is 2. The van der Waals surface area contributed by atoms with Crippen LogP contribution in [0.3, 0.4) is 0 Å². The van der Waals surface area contributed by atoms with Gasteiger partial charge in [0.1, 0.15) is 5.75 Å². The molecule has 0 saturated carbocycles. The summed E-state index contributed by atoms with van der Waals surface area (Å²) in [6.07, 6.45) is 0. The van der Waals surface area contributed by atoms with Gasteiger partial charge in [-0.15, -0.1) is 16.7 Å². The van der Waals surface area contributed by atoms with Crippen LogP contribution < -0.4 is 4.74 Å². The number of ether oxygens (including phenoxy) is 1. The first-order chi connectivity index (χ1) is 9.40. The van der Waals surface area contributed by atoms with Crippen molar-refractivity contribution < 1.29 is 4.74 Å². The molecule has 0 amide bonds. The van der Waals surface area contributed by atoms with E-state index in [9.17, 15) is 0 Å². The van der Waals surface area contributed by atoms with Crippen molar-refractivity contribution in [2.45, 2.75) is 39.0 Å². The summed E-state index contributed by atoms with van der Waals surface area (Å²) in [6.45, 7) is 8.61. The lowest BCUT2D eigenvalue weighted by Crippen LogP contribution is -2.11. The summed E-state index contributed by atoms with van der Waals surface area (Å²) < 4.78 is 5.76. The van der Waals surface area contributed by atoms with Crippen LogP contribution in [0.2, 0.25) is 0 Å². The second-order valence-corrected chi connectivity index (χ2v) is 6.10. The molecule has 1 aromatic carbocycles. The van der Waals surface area contributed by atoms with Gasteiger partial charge in [0.25, 0.3) is 0 Å². The van der Waals surface area contributed by atoms with E-state index in [1.54, 1.807) is 6.07 Å². The van der Waals surface area contributed by atoms with E-state index in [1.807, 2.05) is 19.1 Å². The van der Waals surface area contributed by atoms with Crippen LogP contribution in [0.5, 0.6) is 11.6 Å². The fourth-order valence-electron chi connectivity index (χ4n) is 1.82. The van der Waals surface area contributed by atoms with E-state index in [0.717, 1.165) is 17.0 Å². The summed E-state index contributed by atoms with van der Waals surface area (Å²) in [6, 6.07) is 9.81. The summed E-state index contributed by atoms with van der Waals surface area (Å²) in [5.74, 6) is 1.63. The van der Waals surface area contributed by atoms with E-state index in [2.05, 4.69) is 43.1 Å². The van der Waals surface area contributed by atoms with Crippen LogP contribution in [0, 0.1) is 6.92 Å². The zero-order valence-corrected chi connectivity index (χ0v) is 13.0. The third-order valence-electron chi connectivity index (χ3n) is 3.09. The van der Waals surface area contributed by atoms with Crippen molar-refractivity contribution in [3.63, 3.8) is 0 Å². The van der Waals surface area contributed by atoms with E-state index in [0.29, 0.717) is 11.8 Å². The summed E-state index contributed by atoms with van der Waals surface area (Å²) in [7, 11) is 0. The Morgan fingerprint density at radius 2 is 1.85 bits per heavy atom. The Morgan fingerprint density at radius 1 is 1.10 bits per heavy atom. The molecule has 0 fully saturated rings. The Labute approximate surface area is 125 Å². The molecule has 0 unspecified atom stereocenters. The maximum atomic E-state index is 5.76. The monoisotopic (exact) mass is 290 g/mol. The average molecular weight is 291 g/mol. The molecule has 0 radical (unpaired) electrons. The van der Waals surface area contributed by atoms with Crippen molar-refractivity contribution in [2.24, 2.45) is 0 Å².